The van der Waals surface area contributed by atoms with Gasteiger partial charge in [0.15, 0.2) is 5.96 Å². The first-order valence-corrected chi connectivity index (χ1v) is 7.08. The predicted octanol–water partition coefficient (Wildman–Crippen LogP) is 3.02. The lowest BCUT2D eigenvalue weighted by molar-refractivity contribution is 0.478. The van der Waals surface area contributed by atoms with Gasteiger partial charge in [-0.05, 0) is 30.3 Å². The Morgan fingerprint density at radius 3 is 2.70 bits per heavy atom. The van der Waals surface area contributed by atoms with Gasteiger partial charge in [0, 0.05) is 25.9 Å². The van der Waals surface area contributed by atoms with E-state index in [4.69, 9.17) is 4.74 Å². The predicted molar refractivity (Wildman–Crippen MR) is 97.9 cm³/mol. The Bertz CT molecular complexity index is 678. The van der Waals surface area contributed by atoms with Crippen LogP contribution in [-0.2, 0) is 6.54 Å². The van der Waals surface area contributed by atoms with Crippen LogP contribution < -0.4 is 10.1 Å². The quantitative estimate of drug-likeness (QED) is 0.761. The van der Waals surface area contributed by atoms with Crippen molar-refractivity contribution in [2.45, 2.75) is 6.54 Å². The van der Waals surface area contributed by atoms with Crippen LogP contribution >= 0.6 is 24.0 Å². The van der Waals surface area contributed by atoms with Gasteiger partial charge in [0.1, 0.15) is 17.3 Å². The van der Waals surface area contributed by atoms with E-state index in [0.29, 0.717) is 18.0 Å². The first kappa shape index (κ1) is 17.5. The largest absolute Gasteiger partial charge is 0.457 e. The van der Waals surface area contributed by atoms with Crippen LogP contribution in [0.1, 0.15) is 5.69 Å². The molecule has 23 heavy (non-hydrogen) atoms. The molecule has 2 heterocycles. The molecule has 0 radical (unpaired) electrons. The van der Waals surface area contributed by atoms with E-state index in [2.05, 4.69) is 20.2 Å². The highest BCUT2D eigenvalue weighted by Gasteiger charge is 2.11. The van der Waals surface area contributed by atoms with Gasteiger partial charge in [0.25, 0.3) is 0 Å². The van der Waals surface area contributed by atoms with Gasteiger partial charge in [-0.3, -0.25) is 9.98 Å². The van der Waals surface area contributed by atoms with E-state index in [9.17, 15) is 4.39 Å². The monoisotopic (exact) mass is 428 g/mol. The van der Waals surface area contributed by atoms with Gasteiger partial charge in [-0.15, -0.1) is 24.0 Å². The molecular weight excluding hydrogens is 410 g/mol. The molecule has 1 N–H and O–H groups in total. The lowest BCUT2D eigenvalue weighted by Crippen LogP contribution is -2.35. The average molecular weight is 428 g/mol. The van der Waals surface area contributed by atoms with E-state index >= 15 is 0 Å². The molecule has 0 amide bonds. The molecule has 0 atom stereocenters. The third-order valence-corrected chi connectivity index (χ3v) is 3.32. The molecule has 1 aliphatic rings. The van der Waals surface area contributed by atoms with E-state index in [-0.39, 0.29) is 29.8 Å². The Kier molecular flexibility index (Phi) is 6.14. The number of aromatic nitrogens is 1. The zero-order valence-corrected chi connectivity index (χ0v) is 15.0. The maximum atomic E-state index is 12.9. The molecule has 1 aliphatic heterocycles. The van der Waals surface area contributed by atoms with Crippen molar-refractivity contribution in [2.75, 3.05) is 20.1 Å². The van der Waals surface area contributed by atoms with Crippen molar-refractivity contribution in [1.29, 1.82) is 0 Å². The molecule has 122 valence electrons. The third-order valence-electron chi connectivity index (χ3n) is 3.32. The van der Waals surface area contributed by atoms with Crippen molar-refractivity contribution in [1.82, 2.24) is 15.2 Å². The lowest BCUT2D eigenvalue weighted by Gasteiger charge is -2.15. The highest BCUT2D eigenvalue weighted by molar-refractivity contribution is 14.0. The first-order chi connectivity index (χ1) is 10.7. The minimum Gasteiger partial charge on any atom is -0.457 e. The topological polar surface area (TPSA) is 49.8 Å². The fourth-order valence-corrected chi connectivity index (χ4v) is 2.15. The molecule has 5 nitrogen and oxygen atoms in total. The Labute approximate surface area is 151 Å². The van der Waals surface area contributed by atoms with Crippen LogP contribution in [0, 0.1) is 5.82 Å². The van der Waals surface area contributed by atoms with Gasteiger partial charge in [0.2, 0.25) is 0 Å². The first-order valence-electron chi connectivity index (χ1n) is 7.08. The van der Waals surface area contributed by atoms with Gasteiger partial charge < -0.3 is 15.0 Å². The Morgan fingerprint density at radius 2 is 2.00 bits per heavy atom. The number of nitrogens with one attached hydrogen (secondary N) is 1. The van der Waals surface area contributed by atoms with Crippen molar-refractivity contribution in [3.63, 3.8) is 0 Å². The zero-order valence-electron chi connectivity index (χ0n) is 12.7. The fourth-order valence-electron chi connectivity index (χ4n) is 2.15. The van der Waals surface area contributed by atoms with Crippen LogP contribution in [-0.4, -0.2) is 36.0 Å². The second-order valence-electron chi connectivity index (χ2n) is 5.02. The molecule has 1 aromatic carbocycles. The number of aliphatic imine (C=N–C) groups is 1. The summed E-state index contributed by atoms with van der Waals surface area (Å²) in [5.74, 6) is 1.85. The summed E-state index contributed by atoms with van der Waals surface area (Å²) in [6, 6.07) is 9.55. The van der Waals surface area contributed by atoms with Crippen LogP contribution in [0.25, 0.3) is 0 Å². The van der Waals surface area contributed by atoms with Crippen LogP contribution in [0.5, 0.6) is 11.5 Å². The maximum absolute atomic E-state index is 12.9. The van der Waals surface area contributed by atoms with Crippen LogP contribution in [0.15, 0.2) is 47.6 Å². The van der Waals surface area contributed by atoms with Gasteiger partial charge in [-0.2, -0.15) is 0 Å². The minimum atomic E-state index is -0.284. The molecule has 0 unspecified atom stereocenters. The number of nitrogens with zero attached hydrogens (tertiary/aromatic N) is 3. The Hall–Kier alpha value is -1.90. The number of guanidine groups is 1. The molecule has 2 aromatic rings. The minimum absolute atomic E-state index is 0. The summed E-state index contributed by atoms with van der Waals surface area (Å²) in [7, 11) is 2.00. The van der Waals surface area contributed by atoms with Gasteiger partial charge in [-0.25, -0.2) is 4.39 Å². The normalized spacial score (nSPS) is 13.3. The smallest absolute Gasteiger partial charge is 0.194 e. The molecule has 0 saturated heterocycles. The van der Waals surface area contributed by atoms with Crippen molar-refractivity contribution >= 4 is 29.9 Å². The van der Waals surface area contributed by atoms with Crippen molar-refractivity contribution in [3.8, 4) is 11.5 Å². The summed E-state index contributed by atoms with van der Waals surface area (Å²) in [6.45, 7) is 2.33. The van der Waals surface area contributed by atoms with Crippen molar-refractivity contribution in [3.05, 3.63) is 54.1 Å². The fraction of sp³-hybridized carbons (Fsp3) is 0.250. The number of rotatable bonds is 4. The lowest BCUT2D eigenvalue weighted by atomic mass is 10.3. The third kappa shape index (κ3) is 4.78. The number of likely N-dealkylation sites (N-methyl/N-ethyl adjacent to an activating group) is 1. The molecular formula is C16H18FIN4O. The standard InChI is InChI=1S/C16H17FN4O.HI/c1-21-9-8-19-16(21)20-11-13-10-15(6-7-18-13)22-14-4-2-12(17)3-5-14;/h2-7,10H,8-9,11H2,1H3,(H,19,20);1H. The van der Waals surface area contributed by atoms with E-state index in [1.54, 1.807) is 24.4 Å². The molecule has 0 saturated carbocycles. The van der Waals surface area contributed by atoms with Crippen LogP contribution in [0.4, 0.5) is 4.39 Å². The number of hydrogen-bond acceptors (Lipinski definition) is 5. The number of benzene rings is 1. The average Bonchev–Trinajstić information content (AvgIpc) is 2.93. The van der Waals surface area contributed by atoms with Crippen molar-refractivity contribution in [2.24, 2.45) is 4.99 Å². The van der Waals surface area contributed by atoms with E-state index in [1.165, 1.54) is 12.1 Å². The molecule has 3 rings (SSSR count). The molecule has 7 heteroatoms. The number of halogens is 2. The summed E-state index contributed by atoms with van der Waals surface area (Å²) in [5, 5.41) is 3.25. The molecule has 0 aliphatic carbocycles. The van der Waals surface area contributed by atoms with Crippen LogP contribution in [0.3, 0.4) is 0 Å². The number of pyridine rings is 1. The number of hydrogen-bond donors (Lipinski definition) is 1. The summed E-state index contributed by atoms with van der Waals surface area (Å²) in [6.07, 6.45) is 1.69. The van der Waals surface area contributed by atoms with E-state index in [1.807, 2.05) is 13.1 Å². The van der Waals surface area contributed by atoms with Crippen LogP contribution in [0.2, 0.25) is 0 Å². The Balaban J connectivity index is 0.00000192. The van der Waals surface area contributed by atoms with Crippen molar-refractivity contribution < 1.29 is 9.13 Å². The second-order valence-corrected chi connectivity index (χ2v) is 5.02. The molecule has 0 spiro atoms. The van der Waals surface area contributed by atoms with Gasteiger partial charge in [0.05, 0.1) is 18.8 Å². The highest BCUT2D eigenvalue weighted by atomic mass is 127. The molecule has 1 aromatic heterocycles. The SMILES string of the molecule is CN1CCN=C1NCc1cc(Oc2ccc(F)cc2)ccn1.I. The molecule has 0 bridgehead atoms. The summed E-state index contributed by atoms with van der Waals surface area (Å²) < 4.78 is 18.6. The van der Waals surface area contributed by atoms with Gasteiger partial charge in [-0.1, -0.05) is 0 Å². The van der Waals surface area contributed by atoms with E-state index < -0.39 is 0 Å². The summed E-state index contributed by atoms with van der Waals surface area (Å²) >= 11 is 0. The Morgan fingerprint density at radius 1 is 1.22 bits per heavy atom. The summed E-state index contributed by atoms with van der Waals surface area (Å²) in [5.41, 5.74) is 0.850. The second kappa shape index (κ2) is 8.09. The maximum Gasteiger partial charge on any atom is 0.194 e. The van der Waals surface area contributed by atoms with Gasteiger partial charge >= 0.3 is 0 Å². The molecule has 0 fully saturated rings. The van der Waals surface area contributed by atoms with E-state index in [0.717, 1.165) is 24.7 Å². The highest BCUT2D eigenvalue weighted by Crippen LogP contribution is 2.21. The summed E-state index contributed by atoms with van der Waals surface area (Å²) in [4.78, 5) is 10.7. The zero-order chi connectivity index (χ0) is 15.4. The number of ether oxygens (including phenoxy) is 1.